The Bertz CT molecular complexity index is 1420. The summed E-state index contributed by atoms with van der Waals surface area (Å²) in [5.74, 6) is -0.426. The zero-order valence-electron chi connectivity index (χ0n) is 17.6. The molecule has 166 valence electrons. The number of nitrogens with one attached hydrogen (secondary N) is 1. The van der Waals surface area contributed by atoms with E-state index in [1.165, 1.54) is 10.4 Å². The molecule has 0 spiro atoms. The molecule has 3 heterocycles. The van der Waals surface area contributed by atoms with Crippen LogP contribution < -0.4 is 5.32 Å². The van der Waals surface area contributed by atoms with E-state index in [4.69, 9.17) is 4.74 Å². The van der Waals surface area contributed by atoms with Gasteiger partial charge in [-0.15, -0.1) is 11.3 Å². The Morgan fingerprint density at radius 2 is 1.81 bits per heavy atom. The smallest absolute Gasteiger partial charge is 0.267 e. The summed E-state index contributed by atoms with van der Waals surface area (Å²) in [7, 11) is -3.75. The SMILES string of the molecule is CCn1c2ccccc2c2cc(NC(=O)c3sccc3S(=O)(=O)N3CCOCC3)ccc21. The van der Waals surface area contributed by atoms with E-state index in [9.17, 15) is 13.2 Å². The normalized spacial score (nSPS) is 15.4. The van der Waals surface area contributed by atoms with Crippen LogP contribution in [0.15, 0.2) is 58.8 Å². The van der Waals surface area contributed by atoms with Crippen molar-refractivity contribution in [2.75, 3.05) is 31.6 Å². The molecule has 0 atom stereocenters. The number of aromatic nitrogens is 1. The van der Waals surface area contributed by atoms with Crippen molar-refractivity contribution < 1.29 is 17.9 Å². The van der Waals surface area contributed by atoms with Crippen LogP contribution in [0.5, 0.6) is 0 Å². The Morgan fingerprint density at radius 3 is 2.59 bits per heavy atom. The summed E-state index contributed by atoms with van der Waals surface area (Å²) in [5.41, 5.74) is 2.87. The van der Waals surface area contributed by atoms with Gasteiger partial charge in [-0.25, -0.2) is 8.42 Å². The second-order valence-electron chi connectivity index (χ2n) is 7.58. The lowest BCUT2D eigenvalue weighted by Gasteiger charge is -2.26. The number of benzene rings is 2. The zero-order chi connectivity index (χ0) is 22.3. The highest BCUT2D eigenvalue weighted by Crippen LogP contribution is 2.32. The summed E-state index contributed by atoms with van der Waals surface area (Å²) < 4.78 is 35.0. The summed E-state index contributed by atoms with van der Waals surface area (Å²) in [4.78, 5) is 13.3. The van der Waals surface area contributed by atoms with E-state index in [1.807, 2.05) is 30.3 Å². The molecule has 0 unspecified atom stereocenters. The molecule has 1 fully saturated rings. The van der Waals surface area contributed by atoms with Crippen molar-refractivity contribution >= 4 is 54.8 Å². The van der Waals surface area contributed by atoms with E-state index in [2.05, 4.69) is 28.9 Å². The van der Waals surface area contributed by atoms with Crippen molar-refractivity contribution in [3.63, 3.8) is 0 Å². The van der Waals surface area contributed by atoms with Crippen LogP contribution in [-0.4, -0.2) is 49.5 Å². The first-order chi connectivity index (χ1) is 15.5. The number of aryl methyl sites for hydroxylation is 1. The molecular weight excluding hydrogens is 446 g/mol. The molecule has 0 saturated carbocycles. The van der Waals surface area contributed by atoms with Crippen LogP contribution in [0.3, 0.4) is 0 Å². The van der Waals surface area contributed by atoms with Crippen LogP contribution in [-0.2, 0) is 21.3 Å². The monoisotopic (exact) mass is 469 g/mol. The number of anilines is 1. The maximum atomic E-state index is 13.1. The molecule has 0 bridgehead atoms. The van der Waals surface area contributed by atoms with Crippen LogP contribution in [0.4, 0.5) is 5.69 Å². The van der Waals surface area contributed by atoms with E-state index >= 15 is 0 Å². The Kier molecular flexibility index (Phi) is 5.50. The molecule has 1 N–H and O–H groups in total. The maximum absolute atomic E-state index is 13.1. The fourth-order valence-corrected chi connectivity index (χ4v) is 6.96. The Labute approximate surface area is 190 Å². The standard InChI is InChI=1S/C23H23N3O4S2/c1-2-26-19-6-4-3-5-17(19)18-15-16(7-8-20(18)26)24-23(27)22-21(9-14-31-22)32(28,29)25-10-12-30-13-11-25/h3-9,14-15H,2,10-13H2,1H3,(H,24,27). The van der Waals surface area contributed by atoms with Gasteiger partial charge in [-0.1, -0.05) is 18.2 Å². The number of nitrogens with zero attached hydrogens (tertiary/aromatic N) is 2. The van der Waals surface area contributed by atoms with Gasteiger partial charge in [0.15, 0.2) is 0 Å². The van der Waals surface area contributed by atoms with Gasteiger partial charge >= 0.3 is 0 Å². The fourth-order valence-electron chi connectivity index (χ4n) is 4.25. The van der Waals surface area contributed by atoms with Crippen molar-refractivity contribution in [3.05, 3.63) is 58.8 Å². The minimum absolute atomic E-state index is 0.0468. The number of thiophene rings is 1. The number of hydrogen-bond acceptors (Lipinski definition) is 5. The first-order valence-corrected chi connectivity index (χ1v) is 12.8. The Balaban J connectivity index is 1.48. The highest BCUT2D eigenvalue weighted by molar-refractivity contribution is 7.89. The van der Waals surface area contributed by atoms with Gasteiger partial charge in [0.25, 0.3) is 5.91 Å². The summed E-state index contributed by atoms with van der Waals surface area (Å²) in [5, 5.41) is 6.70. The molecule has 32 heavy (non-hydrogen) atoms. The number of amides is 1. The molecule has 1 amide bonds. The molecule has 1 aliphatic rings. The van der Waals surface area contributed by atoms with Crippen molar-refractivity contribution in [2.45, 2.75) is 18.4 Å². The topological polar surface area (TPSA) is 80.6 Å². The van der Waals surface area contributed by atoms with E-state index in [1.54, 1.807) is 5.38 Å². The summed E-state index contributed by atoms with van der Waals surface area (Å²) >= 11 is 1.13. The number of ether oxygens (including phenoxy) is 1. The molecule has 9 heteroatoms. The summed E-state index contributed by atoms with van der Waals surface area (Å²) in [6, 6.07) is 15.5. The highest BCUT2D eigenvalue weighted by atomic mass is 32.2. The van der Waals surface area contributed by atoms with Gasteiger partial charge in [-0.2, -0.15) is 4.31 Å². The van der Waals surface area contributed by atoms with Crippen molar-refractivity contribution in [2.24, 2.45) is 0 Å². The third-order valence-electron chi connectivity index (χ3n) is 5.77. The molecule has 4 aromatic rings. The van der Waals surface area contributed by atoms with Crippen LogP contribution >= 0.6 is 11.3 Å². The first-order valence-electron chi connectivity index (χ1n) is 10.5. The highest BCUT2D eigenvalue weighted by Gasteiger charge is 2.31. The van der Waals surface area contributed by atoms with Gasteiger partial charge in [0.1, 0.15) is 9.77 Å². The van der Waals surface area contributed by atoms with Gasteiger partial charge in [-0.3, -0.25) is 4.79 Å². The number of carbonyl (C=O) groups excluding carboxylic acids is 1. The molecule has 7 nitrogen and oxygen atoms in total. The lowest BCUT2D eigenvalue weighted by molar-refractivity contribution is 0.0730. The number of fused-ring (bicyclic) bond motifs is 3. The lowest BCUT2D eigenvalue weighted by atomic mass is 10.1. The van der Waals surface area contributed by atoms with E-state index in [0.29, 0.717) is 18.9 Å². The van der Waals surface area contributed by atoms with Crippen LogP contribution in [0.25, 0.3) is 21.8 Å². The predicted octanol–water partition coefficient (Wildman–Crippen LogP) is 4.15. The maximum Gasteiger partial charge on any atom is 0.267 e. The lowest BCUT2D eigenvalue weighted by Crippen LogP contribution is -2.41. The van der Waals surface area contributed by atoms with Gasteiger partial charge < -0.3 is 14.6 Å². The predicted molar refractivity (Wildman–Crippen MR) is 127 cm³/mol. The second kappa shape index (κ2) is 8.32. The van der Waals surface area contributed by atoms with Gasteiger partial charge in [0.05, 0.1) is 13.2 Å². The molecule has 5 rings (SSSR count). The van der Waals surface area contributed by atoms with Crippen LogP contribution in [0.2, 0.25) is 0 Å². The average molecular weight is 470 g/mol. The summed E-state index contributed by atoms with van der Waals surface area (Å²) in [6.45, 7) is 4.24. The first kappa shape index (κ1) is 21.1. The average Bonchev–Trinajstić information content (AvgIpc) is 3.43. The van der Waals surface area contributed by atoms with Gasteiger partial charge in [-0.05, 0) is 42.6 Å². The molecule has 1 saturated heterocycles. The molecule has 0 aliphatic carbocycles. The quantitative estimate of drug-likeness (QED) is 0.476. The molecule has 2 aromatic heterocycles. The molecule has 0 radical (unpaired) electrons. The van der Waals surface area contributed by atoms with Crippen molar-refractivity contribution in [3.8, 4) is 0 Å². The number of carbonyl (C=O) groups is 1. The van der Waals surface area contributed by atoms with Crippen molar-refractivity contribution in [1.82, 2.24) is 8.87 Å². The van der Waals surface area contributed by atoms with E-state index in [0.717, 1.165) is 39.7 Å². The number of hydrogen-bond donors (Lipinski definition) is 1. The molecule has 1 aliphatic heterocycles. The van der Waals surface area contributed by atoms with Gasteiger partial charge in [0, 0.05) is 47.1 Å². The fraction of sp³-hybridized carbons (Fsp3) is 0.261. The number of rotatable bonds is 5. The van der Waals surface area contributed by atoms with E-state index in [-0.39, 0.29) is 22.9 Å². The zero-order valence-corrected chi connectivity index (χ0v) is 19.2. The minimum Gasteiger partial charge on any atom is -0.379 e. The second-order valence-corrected chi connectivity index (χ2v) is 10.4. The third kappa shape index (κ3) is 3.51. The Morgan fingerprint density at radius 1 is 1.06 bits per heavy atom. The number of morpholine rings is 1. The molecular formula is C23H23N3O4S2. The molecule has 2 aromatic carbocycles. The van der Waals surface area contributed by atoms with Crippen LogP contribution in [0.1, 0.15) is 16.6 Å². The number of sulfonamides is 1. The third-order valence-corrected chi connectivity index (χ3v) is 8.75. The minimum atomic E-state index is -3.75. The van der Waals surface area contributed by atoms with E-state index < -0.39 is 15.9 Å². The Hall–Kier alpha value is -2.72. The van der Waals surface area contributed by atoms with Gasteiger partial charge in [0.2, 0.25) is 10.0 Å². The summed E-state index contributed by atoms with van der Waals surface area (Å²) in [6.07, 6.45) is 0. The van der Waals surface area contributed by atoms with Crippen LogP contribution in [0, 0.1) is 0 Å². The largest absolute Gasteiger partial charge is 0.379 e. The number of para-hydroxylation sites is 1. The van der Waals surface area contributed by atoms with Crippen molar-refractivity contribution in [1.29, 1.82) is 0 Å².